The molecule has 4 heteroatoms. The van der Waals surface area contributed by atoms with Crippen LogP contribution in [-0.4, -0.2) is 23.0 Å². The van der Waals surface area contributed by atoms with Crippen LogP contribution >= 0.6 is 0 Å². The zero-order chi connectivity index (χ0) is 19.7. The molecule has 1 aliphatic carbocycles. The number of hydrogen-bond acceptors (Lipinski definition) is 3. The highest BCUT2D eigenvalue weighted by Gasteiger charge is 2.48. The Hall–Kier alpha value is -1.39. The summed E-state index contributed by atoms with van der Waals surface area (Å²) in [5, 5.41) is 0. The van der Waals surface area contributed by atoms with E-state index in [-0.39, 0.29) is 12.0 Å². The van der Waals surface area contributed by atoms with Gasteiger partial charge in [0.05, 0.1) is 15.9 Å². The minimum atomic E-state index is -2.70. The highest BCUT2D eigenvalue weighted by molar-refractivity contribution is 7.97. The van der Waals surface area contributed by atoms with E-state index in [1.165, 1.54) is 0 Å². The topological polar surface area (TPSA) is 38.7 Å². The number of ether oxygens (including phenoxy) is 1. The van der Waals surface area contributed by atoms with E-state index in [0.717, 1.165) is 29.1 Å². The largest absolute Gasteiger partial charge is 0.365 e. The van der Waals surface area contributed by atoms with Crippen LogP contribution in [0, 0.1) is 17.8 Å². The summed E-state index contributed by atoms with van der Waals surface area (Å²) in [5.74, 6) is 1.06. The van der Waals surface area contributed by atoms with Crippen LogP contribution in [0.25, 0.3) is 0 Å². The molecular weight excluding hydrogens is 354 g/mol. The predicted molar refractivity (Wildman–Crippen MR) is 113 cm³/mol. The van der Waals surface area contributed by atoms with E-state index in [4.69, 9.17) is 4.74 Å². The molecule has 2 aliphatic rings. The quantitative estimate of drug-likeness (QED) is 0.609. The van der Waals surface area contributed by atoms with Crippen LogP contribution in [0.15, 0.2) is 62.7 Å². The lowest BCUT2D eigenvalue weighted by atomic mass is 9.77. The van der Waals surface area contributed by atoms with Crippen molar-refractivity contribution in [3.05, 3.63) is 53.5 Å². The number of hydrogen-bond donors (Lipinski definition) is 0. The fraction of sp³-hybridized carbons (Fsp3) is 0.565. The molecule has 0 radical (unpaired) electrons. The van der Waals surface area contributed by atoms with E-state index in [2.05, 4.69) is 50.3 Å². The van der Waals surface area contributed by atoms with Crippen molar-refractivity contribution in [2.24, 2.45) is 22.1 Å². The molecule has 0 bridgehead atoms. The van der Waals surface area contributed by atoms with E-state index in [9.17, 15) is 4.21 Å². The summed E-state index contributed by atoms with van der Waals surface area (Å²) in [6.45, 7) is 8.90. The molecule has 148 valence electrons. The first-order valence-electron chi connectivity index (χ1n) is 10.1. The van der Waals surface area contributed by atoms with Crippen molar-refractivity contribution in [1.29, 1.82) is 0 Å². The molecule has 4 atom stereocenters. The monoisotopic (exact) mass is 387 g/mol. The highest BCUT2D eigenvalue weighted by Crippen LogP contribution is 2.48. The minimum absolute atomic E-state index is 0.136. The fourth-order valence-electron chi connectivity index (χ4n) is 4.39. The van der Waals surface area contributed by atoms with Crippen LogP contribution in [0.2, 0.25) is 0 Å². The summed E-state index contributed by atoms with van der Waals surface area (Å²) in [5.41, 5.74) is -0.512. The van der Waals surface area contributed by atoms with Crippen LogP contribution in [-0.2, 0) is 14.5 Å². The van der Waals surface area contributed by atoms with Crippen LogP contribution in [0.4, 0.5) is 0 Å². The maximum absolute atomic E-state index is 14.3. The van der Waals surface area contributed by atoms with Gasteiger partial charge in [-0.15, -0.1) is 0 Å². The number of nitrogens with zero attached hydrogens (tertiary/aromatic N) is 1. The molecule has 3 rings (SSSR count). The normalized spacial score (nSPS) is 30.4. The lowest BCUT2D eigenvalue weighted by Crippen LogP contribution is -2.50. The smallest absolute Gasteiger partial charge is 0.106 e. The first-order valence-corrected chi connectivity index (χ1v) is 11.6. The molecule has 1 aromatic rings. The minimum Gasteiger partial charge on any atom is -0.365 e. The summed E-state index contributed by atoms with van der Waals surface area (Å²) in [7, 11) is -1.02. The van der Waals surface area contributed by atoms with Gasteiger partial charge in [0.15, 0.2) is 0 Å². The van der Waals surface area contributed by atoms with Gasteiger partial charge in [0, 0.05) is 13.0 Å². The zero-order valence-corrected chi connectivity index (χ0v) is 18.0. The molecule has 0 N–H and O–H groups in total. The Balaban J connectivity index is 2.23. The van der Waals surface area contributed by atoms with Gasteiger partial charge in [-0.1, -0.05) is 64.1 Å². The second kappa shape index (κ2) is 7.92. The van der Waals surface area contributed by atoms with Gasteiger partial charge in [0.2, 0.25) is 0 Å². The summed E-state index contributed by atoms with van der Waals surface area (Å²) >= 11 is 0. The van der Waals surface area contributed by atoms with E-state index < -0.39 is 15.3 Å². The van der Waals surface area contributed by atoms with E-state index in [1.54, 1.807) is 7.05 Å². The van der Waals surface area contributed by atoms with Gasteiger partial charge in [-0.25, -0.2) is 8.57 Å². The molecule has 1 spiro atoms. The molecule has 0 saturated carbocycles. The highest BCUT2D eigenvalue weighted by atomic mass is 32.2. The second-order valence-corrected chi connectivity index (χ2v) is 10.7. The molecule has 27 heavy (non-hydrogen) atoms. The lowest BCUT2D eigenvalue weighted by Gasteiger charge is -2.48. The molecule has 3 nitrogen and oxygen atoms in total. The molecule has 1 heterocycles. The van der Waals surface area contributed by atoms with Gasteiger partial charge in [-0.3, -0.25) is 0 Å². The van der Waals surface area contributed by atoms with Crippen molar-refractivity contribution < 1.29 is 8.95 Å². The van der Waals surface area contributed by atoms with Gasteiger partial charge >= 0.3 is 0 Å². The van der Waals surface area contributed by atoms with E-state index >= 15 is 0 Å². The third-order valence-corrected chi connectivity index (χ3v) is 8.44. The van der Waals surface area contributed by atoms with Crippen molar-refractivity contribution in [3.8, 4) is 0 Å². The molecule has 0 saturated heterocycles. The van der Waals surface area contributed by atoms with E-state index in [1.807, 2.05) is 30.3 Å². The molecule has 0 fully saturated rings. The number of allylic oxidation sites excluding steroid dienone is 1. The van der Waals surface area contributed by atoms with Gasteiger partial charge in [0.1, 0.15) is 15.3 Å². The molecule has 0 amide bonds. The molecule has 0 aromatic heterocycles. The lowest BCUT2D eigenvalue weighted by molar-refractivity contribution is -0.123. The molecule has 1 unspecified atom stereocenters. The predicted octanol–water partition coefficient (Wildman–Crippen LogP) is 5.83. The van der Waals surface area contributed by atoms with Crippen molar-refractivity contribution in [2.45, 2.75) is 63.6 Å². The van der Waals surface area contributed by atoms with Crippen LogP contribution in [0.5, 0.6) is 0 Å². The summed E-state index contributed by atoms with van der Waals surface area (Å²) in [6.07, 6.45) is 9.39. The van der Waals surface area contributed by atoms with Crippen molar-refractivity contribution in [1.82, 2.24) is 0 Å². The Morgan fingerprint density at radius 2 is 1.81 bits per heavy atom. The SMILES string of the molecule is CN=S(=O)(C1=C[C@@H](C(C)C)[C@H](C(C)C)O[C@@]12CC=CCC2)c1ccccc1. The standard InChI is InChI=1S/C23H33NO2S/c1-17(2)20-16-21(27(25,24-5)19-12-8-6-9-13-19)23(14-10-7-11-15-23)26-22(20)18(3)4/h6-10,12-13,16-18,20,22H,11,14-15H2,1-5H3/t20-,22-,23+,27?/m0/s1. The summed E-state index contributed by atoms with van der Waals surface area (Å²) in [6, 6.07) is 9.70. The Kier molecular flexibility index (Phi) is 5.97. The summed E-state index contributed by atoms with van der Waals surface area (Å²) in [4.78, 5) is 1.67. The second-order valence-electron chi connectivity index (χ2n) is 8.41. The Bertz CT molecular complexity index is 831. The first kappa shape index (κ1) is 20.3. The van der Waals surface area contributed by atoms with Crippen molar-refractivity contribution in [3.63, 3.8) is 0 Å². The third-order valence-electron chi connectivity index (χ3n) is 5.91. The average molecular weight is 388 g/mol. The number of rotatable bonds is 4. The van der Waals surface area contributed by atoms with Crippen LogP contribution in [0.3, 0.4) is 0 Å². The third kappa shape index (κ3) is 3.66. The number of benzene rings is 1. The van der Waals surface area contributed by atoms with Gasteiger partial charge < -0.3 is 4.74 Å². The Morgan fingerprint density at radius 3 is 2.33 bits per heavy atom. The van der Waals surface area contributed by atoms with E-state index in [0.29, 0.717) is 11.8 Å². The molecule has 1 aromatic carbocycles. The molecule has 1 aliphatic heterocycles. The van der Waals surface area contributed by atoms with Crippen molar-refractivity contribution >= 4 is 9.73 Å². The van der Waals surface area contributed by atoms with Gasteiger partial charge in [-0.05, 0) is 43.2 Å². The molecular formula is C23H33NO2S. The Labute approximate surface area is 165 Å². The summed E-state index contributed by atoms with van der Waals surface area (Å²) < 4.78 is 25.6. The maximum Gasteiger partial charge on any atom is 0.106 e. The van der Waals surface area contributed by atoms with Crippen molar-refractivity contribution in [2.75, 3.05) is 7.05 Å². The Morgan fingerprint density at radius 1 is 1.11 bits per heavy atom. The zero-order valence-electron chi connectivity index (χ0n) is 17.2. The maximum atomic E-state index is 14.3. The van der Waals surface area contributed by atoms with Gasteiger partial charge in [0.25, 0.3) is 0 Å². The first-order chi connectivity index (χ1) is 12.8. The fourth-order valence-corrected chi connectivity index (χ4v) is 6.66. The van der Waals surface area contributed by atoms with Crippen LogP contribution in [0.1, 0.15) is 47.0 Å². The van der Waals surface area contributed by atoms with Crippen LogP contribution < -0.4 is 0 Å². The average Bonchev–Trinajstić information content (AvgIpc) is 2.68. The van der Waals surface area contributed by atoms with Gasteiger partial charge in [-0.2, -0.15) is 0 Å².